The molecule has 9 heteroatoms. The summed E-state index contributed by atoms with van der Waals surface area (Å²) < 4.78 is 33.4. The van der Waals surface area contributed by atoms with Crippen LogP contribution in [-0.2, 0) is 24.7 Å². The molecule has 0 saturated heterocycles. The van der Waals surface area contributed by atoms with Gasteiger partial charge in [-0.05, 0) is 18.4 Å². The summed E-state index contributed by atoms with van der Waals surface area (Å²) in [6, 6.07) is 10.1. The van der Waals surface area contributed by atoms with E-state index in [0.717, 1.165) is 6.42 Å². The van der Waals surface area contributed by atoms with Crippen LogP contribution >= 0.6 is 0 Å². The normalized spacial score (nSPS) is 10.7. The van der Waals surface area contributed by atoms with Gasteiger partial charge in [0.15, 0.2) is 0 Å². The second-order valence-corrected chi connectivity index (χ2v) is 4.83. The zero-order valence-corrected chi connectivity index (χ0v) is 12.7. The van der Waals surface area contributed by atoms with Crippen molar-refractivity contribution in [3.63, 3.8) is 0 Å². The second-order valence-electron chi connectivity index (χ2n) is 4.83. The van der Waals surface area contributed by atoms with E-state index in [2.05, 4.69) is 17.1 Å². The number of benzene rings is 1. The van der Waals surface area contributed by atoms with Crippen LogP contribution in [0.3, 0.4) is 0 Å². The Morgan fingerprint density at radius 1 is 1.25 bits per heavy atom. The van der Waals surface area contributed by atoms with Gasteiger partial charge in [0, 0.05) is 18.8 Å². The van der Waals surface area contributed by atoms with Crippen molar-refractivity contribution in [3.8, 4) is 0 Å². The van der Waals surface area contributed by atoms with Crippen LogP contribution in [-0.4, -0.2) is 26.8 Å². The van der Waals surface area contributed by atoms with Gasteiger partial charge in [-0.25, -0.2) is 4.79 Å². The molecule has 0 atom stereocenters. The van der Waals surface area contributed by atoms with Crippen molar-refractivity contribution in [1.82, 2.24) is 9.55 Å². The Bertz CT molecular complexity index is 743. The van der Waals surface area contributed by atoms with Crippen molar-refractivity contribution in [2.45, 2.75) is 19.0 Å². The number of alkyl halides is 3. The van der Waals surface area contributed by atoms with Crippen LogP contribution in [0, 0.1) is 0 Å². The third kappa shape index (κ3) is 6.11. The minimum absolute atomic E-state index is 0.225. The van der Waals surface area contributed by atoms with Gasteiger partial charge in [-0.2, -0.15) is 18.2 Å². The molecule has 3 N–H and O–H groups in total. The molecule has 1 heterocycles. The minimum Gasteiger partial charge on any atom is -0.475 e. The lowest BCUT2D eigenvalue weighted by molar-refractivity contribution is -0.192. The lowest BCUT2D eigenvalue weighted by Gasteiger charge is -2.05. The number of nitrogen functional groups attached to an aromatic ring is 1. The largest absolute Gasteiger partial charge is 0.490 e. The Morgan fingerprint density at radius 2 is 1.79 bits per heavy atom. The maximum atomic E-state index is 11.6. The highest BCUT2D eigenvalue weighted by Crippen LogP contribution is 2.13. The second kappa shape index (κ2) is 8.14. The van der Waals surface area contributed by atoms with E-state index in [1.165, 1.54) is 5.56 Å². The number of rotatable bonds is 3. The molecule has 0 fully saturated rings. The average molecular weight is 343 g/mol. The maximum Gasteiger partial charge on any atom is 0.490 e. The molecular formula is C15H16F3N3O3. The minimum atomic E-state index is -5.08. The number of aryl methyl sites for hydroxylation is 3. The van der Waals surface area contributed by atoms with Crippen LogP contribution in [0.2, 0.25) is 0 Å². The number of hydrogen-bond acceptors (Lipinski definition) is 4. The first-order valence-corrected chi connectivity index (χ1v) is 6.77. The van der Waals surface area contributed by atoms with E-state index < -0.39 is 12.1 Å². The maximum absolute atomic E-state index is 11.6. The Labute approximate surface area is 135 Å². The van der Waals surface area contributed by atoms with Crippen molar-refractivity contribution in [2.75, 3.05) is 5.73 Å². The van der Waals surface area contributed by atoms with E-state index in [1.807, 2.05) is 18.2 Å². The molecule has 0 bridgehead atoms. The third-order valence-electron chi connectivity index (χ3n) is 2.97. The number of nitrogens with two attached hydrogens (primary N) is 1. The first-order chi connectivity index (χ1) is 11.1. The average Bonchev–Trinajstić information content (AvgIpc) is 2.50. The molecule has 1 aromatic carbocycles. The first-order valence-electron chi connectivity index (χ1n) is 6.77. The molecule has 130 valence electrons. The van der Waals surface area contributed by atoms with Crippen molar-refractivity contribution in [3.05, 3.63) is 58.0 Å². The van der Waals surface area contributed by atoms with Gasteiger partial charge in [0.1, 0.15) is 0 Å². The summed E-state index contributed by atoms with van der Waals surface area (Å²) in [6.07, 6.45) is -1.81. The number of nitrogens with zero attached hydrogens (tertiary/aromatic N) is 2. The number of hydrogen-bond donors (Lipinski definition) is 2. The summed E-state index contributed by atoms with van der Waals surface area (Å²) in [4.78, 5) is 24.3. The smallest absolute Gasteiger partial charge is 0.475 e. The van der Waals surface area contributed by atoms with E-state index in [9.17, 15) is 18.0 Å². The number of aliphatic carboxylic acids is 1. The summed E-state index contributed by atoms with van der Waals surface area (Å²) in [5.74, 6) is -2.51. The highest BCUT2D eigenvalue weighted by molar-refractivity contribution is 5.73. The summed E-state index contributed by atoms with van der Waals surface area (Å²) in [5.41, 5.74) is 7.24. The fourth-order valence-corrected chi connectivity index (χ4v) is 1.70. The summed E-state index contributed by atoms with van der Waals surface area (Å²) in [7, 11) is 1.79. The lowest BCUT2D eigenvalue weighted by atomic mass is 10.1. The van der Waals surface area contributed by atoms with Crippen molar-refractivity contribution >= 4 is 11.9 Å². The number of aromatic nitrogens is 2. The van der Waals surface area contributed by atoms with Gasteiger partial charge in [0.25, 0.3) is 5.56 Å². The lowest BCUT2D eigenvalue weighted by Crippen LogP contribution is -2.21. The van der Waals surface area contributed by atoms with E-state index in [1.54, 1.807) is 17.8 Å². The molecule has 0 saturated carbocycles. The van der Waals surface area contributed by atoms with Gasteiger partial charge in [-0.1, -0.05) is 30.3 Å². The summed E-state index contributed by atoms with van der Waals surface area (Å²) in [6.45, 7) is 0. The Hall–Kier alpha value is -2.84. The monoisotopic (exact) mass is 343 g/mol. The highest BCUT2D eigenvalue weighted by atomic mass is 19.4. The molecular weight excluding hydrogens is 327 g/mol. The molecule has 2 rings (SSSR count). The summed E-state index contributed by atoms with van der Waals surface area (Å²) >= 11 is 0. The molecule has 6 nitrogen and oxygen atoms in total. The highest BCUT2D eigenvalue weighted by Gasteiger charge is 2.38. The van der Waals surface area contributed by atoms with Crippen LogP contribution < -0.4 is 11.3 Å². The molecule has 0 spiro atoms. The molecule has 2 aromatic rings. The van der Waals surface area contributed by atoms with Crippen LogP contribution in [0.5, 0.6) is 0 Å². The molecule has 0 aliphatic rings. The fraction of sp³-hybridized carbons (Fsp3) is 0.267. The molecule has 0 aliphatic heterocycles. The van der Waals surface area contributed by atoms with Gasteiger partial charge >= 0.3 is 12.1 Å². The quantitative estimate of drug-likeness (QED) is 0.885. The SMILES string of the molecule is Cn1cc(CCc2ccccc2)c(=O)nc1N.O=C(O)C(F)(F)F. The topological polar surface area (TPSA) is 98.2 Å². The third-order valence-corrected chi connectivity index (χ3v) is 2.97. The van der Waals surface area contributed by atoms with Gasteiger partial charge < -0.3 is 15.4 Å². The van der Waals surface area contributed by atoms with E-state index in [-0.39, 0.29) is 11.5 Å². The molecule has 1 aromatic heterocycles. The summed E-state index contributed by atoms with van der Waals surface area (Å²) in [5, 5.41) is 7.12. The van der Waals surface area contributed by atoms with Gasteiger partial charge in [-0.3, -0.25) is 4.79 Å². The van der Waals surface area contributed by atoms with Crippen LogP contribution in [0.1, 0.15) is 11.1 Å². The standard InChI is InChI=1S/C13H15N3O.C2HF3O2/c1-16-9-11(12(17)15-13(16)14)8-7-10-5-3-2-4-6-10;3-2(4,5)1(6)7/h2-6,9H,7-8H2,1H3,(H2,14,15,17);(H,6,7). The molecule has 24 heavy (non-hydrogen) atoms. The van der Waals surface area contributed by atoms with E-state index in [4.69, 9.17) is 15.6 Å². The zero-order chi connectivity index (χ0) is 18.3. The number of anilines is 1. The van der Waals surface area contributed by atoms with Gasteiger partial charge in [0.05, 0.1) is 0 Å². The predicted octanol–water partition coefficient (Wildman–Crippen LogP) is 1.78. The van der Waals surface area contributed by atoms with Crippen molar-refractivity contribution in [1.29, 1.82) is 0 Å². The van der Waals surface area contributed by atoms with Crippen LogP contribution in [0.4, 0.5) is 19.1 Å². The molecule has 0 radical (unpaired) electrons. The van der Waals surface area contributed by atoms with Crippen molar-refractivity contribution < 1.29 is 23.1 Å². The number of carboxylic acids is 1. The van der Waals surface area contributed by atoms with Crippen LogP contribution in [0.15, 0.2) is 41.3 Å². The zero-order valence-electron chi connectivity index (χ0n) is 12.7. The molecule has 0 aliphatic carbocycles. The van der Waals surface area contributed by atoms with Gasteiger partial charge in [0.2, 0.25) is 5.95 Å². The first kappa shape index (κ1) is 19.2. The molecule has 0 amide bonds. The van der Waals surface area contributed by atoms with Crippen molar-refractivity contribution in [2.24, 2.45) is 7.05 Å². The Morgan fingerprint density at radius 3 is 2.29 bits per heavy atom. The van der Waals surface area contributed by atoms with E-state index in [0.29, 0.717) is 12.0 Å². The van der Waals surface area contributed by atoms with Crippen LogP contribution in [0.25, 0.3) is 0 Å². The fourth-order valence-electron chi connectivity index (χ4n) is 1.70. The predicted molar refractivity (Wildman–Crippen MR) is 81.4 cm³/mol. The Kier molecular flexibility index (Phi) is 6.51. The van der Waals surface area contributed by atoms with Gasteiger partial charge in [-0.15, -0.1) is 0 Å². The Balaban J connectivity index is 0.000000351. The number of carboxylic acid groups (broad SMARTS) is 1. The number of carbonyl (C=O) groups is 1. The molecule has 0 unspecified atom stereocenters. The van der Waals surface area contributed by atoms with E-state index >= 15 is 0 Å². The number of halogens is 3.